The van der Waals surface area contributed by atoms with Crippen LogP contribution in [-0.4, -0.2) is 29.4 Å². The van der Waals surface area contributed by atoms with E-state index in [-0.39, 0.29) is 0 Å². The third kappa shape index (κ3) is 3.49. The van der Waals surface area contributed by atoms with Crippen molar-refractivity contribution in [3.05, 3.63) is 71.9 Å². The van der Waals surface area contributed by atoms with Crippen LogP contribution in [-0.2, 0) is 11.3 Å². The molecule has 1 heterocycles. The van der Waals surface area contributed by atoms with Crippen molar-refractivity contribution in [3.63, 3.8) is 0 Å². The molecule has 2 aromatic carbocycles. The Balaban J connectivity index is 2.08. The first-order chi connectivity index (χ1) is 12.1. The zero-order valence-corrected chi connectivity index (χ0v) is 14.4. The van der Waals surface area contributed by atoms with Crippen molar-refractivity contribution in [1.82, 2.24) is 4.57 Å². The number of hydrogen-bond acceptors (Lipinski definition) is 2. The second-order valence-electron chi connectivity index (χ2n) is 5.92. The van der Waals surface area contributed by atoms with Crippen LogP contribution in [0.1, 0.15) is 16.1 Å². The minimum Gasteiger partial charge on any atom is -0.478 e. The van der Waals surface area contributed by atoms with E-state index in [0.29, 0.717) is 12.2 Å². The lowest BCUT2D eigenvalue weighted by Gasteiger charge is -2.11. The summed E-state index contributed by atoms with van der Waals surface area (Å²) < 4.78 is 7.51. The zero-order chi connectivity index (χ0) is 17.8. The standard InChI is InChI=1S/C21H21NO3/c1-15-19(16-8-10-18(11-9-16)21(23)24)14-20(22(15)12-13-25-2)17-6-4-3-5-7-17/h3-11,14H,12-13H2,1-2H3,(H,23,24). The van der Waals surface area contributed by atoms with E-state index in [0.717, 1.165) is 34.6 Å². The van der Waals surface area contributed by atoms with Crippen LogP contribution in [0.3, 0.4) is 0 Å². The summed E-state index contributed by atoms with van der Waals surface area (Å²) in [5, 5.41) is 9.08. The molecule has 0 atom stereocenters. The lowest BCUT2D eigenvalue weighted by Crippen LogP contribution is -2.07. The molecule has 0 saturated heterocycles. The van der Waals surface area contributed by atoms with Crippen LogP contribution < -0.4 is 0 Å². The summed E-state index contributed by atoms with van der Waals surface area (Å²) in [5.74, 6) is -0.911. The van der Waals surface area contributed by atoms with Gasteiger partial charge in [-0.1, -0.05) is 42.5 Å². The Labute approximate surface area is 147 Å². The molecule has 4 nitrogen and oxygen atoms in total. The van der Waals surface area contributed by atoms with Crippen LogP contribution in [0.2, 0.25) is 0 Å². The fourth-order valence-corrected chi connectivity index (χ4v) is 3.05. The summed E-state index contributed by atoms with van der Waals surface area (Å²) in [6, 6.07) is 19.4. The molecule has 0 aliphatic carbocycles. The van der Waals surface area contributed by atoms with E-state index in [4.69, 9.17) is 9.84 Å². The van der Waals surface area contributed by atoms with Gasteiger partial charge in [0, 0.05) is 30.6 Å². The summed E-state index contributed by atoms with van der Waals surface area (Å²) in [7, 11) is 1.70. The van der Waals surface area contributed by atoms with E-state index < -0.39 is 5.97 Å². The monoisotopic (exact) mass is 335 g/mol. The molecule has 0 spiro atoms. The normalized spacial score (nSPS) is 10.8. The topological polar surface area (TPSA) is 51.5 Å². The number of methoxy groups -OCH3 is 1. The minimum atomic E-state index is -0.911. The van der Waals surface area contributed by atoms with Gasteiger partial charge in [-0.3, -0.25) is 0 Å². The van der Waals surface area contributed by atoms with Gasteiger partial charge in [-0.2, -0.15) is 0 Å². The molecule has 0 unspecified atom stereocenters. The fourth-order valence-electron chi connectivity index (χ4n) is 3.05. The predicted octanol–water partition coefficient (Wildman–Crippen LogP) is 4.48. The number of aromatic nitrogens is 1. The summed E-state index contributed by atoms with van der Waals surface area (Å²) in [5.41, 5.74) is 5.83. The summed E-state index contributed by atoms with van der Waals surface area (Å²) in [4.78, 5) is 11.1. The van der Waals surface area contributed by atoms with E-state index in [1.54, 1.807) is 19.2 Å². The third-order valence-corrected chi connectivity index (χ3v) is 4.40. The van der Waals surface area contributed by atoms with Crippen LogP contribution in [0.25, 0.3) is 22.4 Å². The predicted molar refractivity (Wildman–Crippen MR) is 98.9 cm³/mol. The van der Waals surface area contributed by atoms with Gasteiger partial charge in [-0.15, -0.1) is 0 Å². The van der Waals surface area contributed by atoms with Crippen molar-refractivity contribution in [1.29, 1.82) is 0 Å². The number of benzene rings is 2. The first-order valence-corrected chi connectivity index (χ1v) is 8.20. The van der Waals surface area contributed by atoms with Gasteiger partial charge in [0.1, 0.15) is 0 Å². The molecule has 3 aromatic rings. The highest BCUT2D eigenvalue weighted by Crippen LogP contribution is 2.32. The Morgan fingerprint density at radius 2 is 1.72 bits per heavy atom. The lowest BCUT2D eigenvalue weighted by molar-refractivity contribution is 0.0697. The van der Waals surface area contributed by atoms with Crippen molar-refractivity contribution >= 4 is 5.97 Å². The number of carboxylic acids is 1. The summed E-state index contributed by atoms with van der Waals surface area (Å²) >= 11 is 0. The van der Waals surface area contributed by atoms with Gasteiger partial charge in [0.15, 0.2) is 0 Å². The number of carbonyl (C=O) groups is 1. The van der Waals surface area contributed by atoms with Gasteiger partial charge in [0.25, 0.3) is 0 Å². The quantitative estimate of drug-likeness (QED) is 0.723. The number of ether oxygens (including phenoxy) is 1. The van der Waals surface area contributed by atoms with E-state index >= 15 is 0 Å². The Morgan fingerprint density at radius 3 is 2.32 bits per heavy atom. The van der Waals surface area contributed by atoms with E-state index in [9.17, 15) is 4.79 Å². The average molecular weight is 335 g/mol. The maximum Gasteiger partial charge on any atom is 0.335 e. The largest absolute Gasteiger partial charge is 0.478 e. The first-order valence-electron chi connectivity index (χ1n) is 8.20. The Bertz CT molecular complexity index is 864. The second kappa shape index (κ2) is 7.36. The number of carboxylic acid groups (broad SMARTS) is 1. The maximum atomic E-state index is 11.1. The summed E-state index contributed by atoms with van der Waals surface area (Å²) in [6.45, 7) is 3.48. The number of hydrogen-bond donors (Lipinski definition) is 1. The van der Waals surface area contributed by atoms with E-state index in [2.05, 4.69) is 29.7 Å². The molecule has 4 heteroatoms. The van der Waals surface area contributed by atoms with E-state index in [1.807, 2.05) is 30.3 Å². The molecule has 0 saturated carbocycles. The Morgan fingerprint density at radius 1 is 1.04 bits per heavy atom. The molecule has 0 aliphatic heterocycles. The van der Waals surface area contributed by atoms with Crippen molar-refractivity contribution in [2.24, 2.45) is 0 Å². The van der Waals surface area contributed by atoms with Gasteiger partial charge >= 0.3 is 5.97 Å². The van der Waals surface area contributed by atoms with Gasteiger partial charge < -0.3 is 14.4 Å². The first kappa shape index (κ1) is 17.0. The van der Waals surface area contributed by atoms with Gasteiger partial charge in [0.05, 0.1) is 12.2 Å². The molecule has 1 N–H and O–H groups in total. The van der Waals surface area contributed by atoms with Gasteiger partial charge in [-0.25, -0.2) is 4.79 Å². The van der Waals surface area contributed by atoms with Crippen LogP contribution in [0.4, 0.5) is 0 Å². The molecule has 3 rings (SSSR count). The van der Waals surface area contributed by atoms with Crippen molar-refractivity contribution in [2.75, 3.05) is 13.7 Å². The molecule has 1 aromatic heterocycles. The van der Waals surface area contributed by atoms with Crippen LogP contribution in [0.5, 0.6) is 0 Å². The smallest absolute Gasteiger partial charge is 0.335 e. The van der Waals surface area contributed by atoms with Crippen LogP contribution >= 0.6 is 0 Å². The molecular formula is C21H21NO3. The highest BCUT2D eigenvalue weighted by Gasteiger charge is 2.15. The number of rotatable bonds is 6. The maximum absolute atomic E-state index is 11.1. The molecule has 0 fully saturated rings. The average Bonchev–Trinajstić information content (AvgIpc) is 2.97. The number of aromatic carboxylic acids is 1. The molecule has 25 heavy (non-hydrogen) atoms. The van der Waals surface area contributed by atoms with Crippen molar-refractivity contribution in [2.45, 2.75) is 13.5 Å². The second-order valence-corrected chi connectivity index (χ2v) is 5.92. The molecular weight excluding hydrogens is 314 g/mol. The van der Waals surface area contributed by atoms with Crippen LogP contribution in [0.15, 0.2) is 60.7 Å². The lowest BCUT2D eigenvalue weighted by atomic mass is 10.0. The van der Waals surface area contributed by atoms with Crippen molar-refractivity contribution in [3.8, 4) is 22.4 Å². The van der Waals surface area contributed by atoms with Gasteiger partial charge in [0.2, 0.25) is 0 Å². The molecule has 128 valence electrons. The highest BCUT2D eigenvalue weighted by molar-refractivity contribution is 5.88. The summed E-state index contributed by atoms with van der Waals surface area (Å²) in [6.07, 6.45) is 0. The van der Waals surface area contributed by atoms with Crippen LogP contribution in [0, 0.1) is 6.92 Å². The van der Waals surface area contributed by atoms with E-state index in [1.165, 1.54) is 0 Å². The fraction of sp³-hybridized carbons (Fsp3) is 0.190. The Kier molecular flexibility index (Phi) is 5.00. The minimum absolute atomic E-state index is 0.295. The highest BCUT2D eigenvalue weighted by atomic mass is 16.5. The molecule has 0 bridgehead atoms. The third-order valence-electron chi connectivity index (χ3n) is 4.40. The Hall–Kier alpha value is -2.85. The van der Waals surface area contributed by atoms with Crippen molar-refractivity contribution < 1.29 is 14.6 Å². The zero-order valence-electron chi connectivity index (χ0n) is 14.4. The number of nitrogens with zero attached hydrogens (tertiary/aromatic N) is 1. The SMILES string of the molecule is COCCn1c(-c2ccccc2)cc(-c2ccc(C(=O)O)cc2)c1C. The van der Waals surface area contributed by atoms with Gasteiger partial charge in [-0.05, 0) is 36.2 Å². The molecule has 0 amide bonds. The molecule has 0 radical (unpaired) electrons. The molecule has 0 aliphatic rings.